The number of aryl methyl sites for hydroxylation is 1. The van der Waals surface area contributed by atoms with E-state index < -0.39 is 0 Å². The first-order valence-electron chi connectivity index (χ1n) is 7.48. The lowest BCUT2D eigenvalue weighted by atomic mass is 10.0. The molecule has 1 fully saturated rings. The molecule has 0 aromatic heterocycles. The molecular weight excluding hydrogens is 252 g/mol. The number of hydrogen-bond donors (Lipinski definition) is 0. The number of methoxy groups -OCH3 is 1. The Kier molecular flexibility index (Phi) is 5.60. The van der Waals surface area contributed by atoms with Crippen molar-refractivity contribution in [3.63, 3.8) is 0 Å². The average molecular weight is 276 g/mol. The Morgan fingerprint density at radius 2 is 2.05 bits per heavy atom. The van der Waals surface area contributed by atoms with Crippen molar-refractivity contribution in [3.05, 3.63) is 35.9 Å². The highest BCUT2D eigenvalue weighted by molar-refractivity contribution is 5.74. The van der Waals surface area contributed by atoms with E-state index in [1.807, 2.05) is 13.0 Å². The van der Waals surface area contributed by atoms with Gasteiger partial charge in [-0.25, -0.2) is 4.79 Å². The summed E-state index contributed by atoms with van der Waals surface area (Å²) in [6.07, 6.45) is 3.95. The fourth-order valence-electron chi connectivity index (χ4n) is 2.75. The van der Waals surface area contributed by atoms with Gasteiger partial charge in [0.1, 0.15) is 0 Å². The standard InChI is InChI=1S/C17H24O3/c1-3-20-17(18)16(19-2)12-15-11-14(15)10-9-13-7-5-4-6-8-13/h4-8,14-16H,3,9-12H2,1-2H3/t14-,15+,16+/m0/s1. The van der Waals surface area contributed by atoms with Crippen LogP contribution in [0.25, 0.3) is 0 Å². The van der Waals surface area contributed by atoms with Crippen LogP contribution < -0.4 is 0 Å². The van der Waals surface area contributed by atoms with E-state index in [1.165, 1.54) is 18.4 Å². The van der Waals surface area contributed by atoms with Crippen LogP contribution in [-0.2, 0) is 20.7 Å². The number of benzene rings is 1. The summed E-state index contributed by atoms with van der Waals surface area (Å²) in [5, 5.41) is 0. The first-order chi connectivity index (χ1) is 9.74. The van der Waals surface area contributed by atoms with Crippen LogP contribution in [0.4, 0.5) is 0 Å². The molecule has 1 aromatic carbocycles. The Morgan fingerprint density at radius 3 is 2.70 bits per heavy atom. The first-order valence-corrected chi connectivity index (χ1v) is 7.48. The van der Waals surface area contributed by atoms with Gasteiger partial charge in [0, 0.05) is 7.11 Å². The molecule has 0 saturated heterocycles. The van der Waals surface area contributed by atoms with Crippen molar-refractivity contribution in [2.75, 3.05) is 13.7 Å². The number of hydrogen-bond acceptors (Lipinski definition) is 3. The Labute approximate surface area is 121 Å². The summed E-state index contributed by atoms with van der Waals surface area (Å²) in [6, 6.07) is 10.6. The van der Waals surface area contributed by atoms with Gasteiger partial charge >= 0.3 is 5.97 Å². The zero-order chi connectivity index (χ0) is 14.4. The molecule has 0 bridgehead atoms. The molecule has 1 saturated carbocycles. The number of carbonyl (C=O) groups is 1. The molecule has 0 aliphatic heterocycles. The van der Waals surface area contributed by atoms with E-state index >= 15 is 0 Å². The summed E-state index contributed by atoms with van der Waals surface area (Å²) >= 11 is 0. The van der Waals surface area contributed by atoms with E-state index in [0.717, 1.165) is 18.8 Å². The van der Waals surface area contributed by atoms with E-state index in [1.54, 1.807) is 7.11 Å². The third-order valence-corrected chi connectivity index (χ3v) is 4.07. The van der Waals surface area contributed by atoms with Gasteiger partial charge in [-0.2, -0.15) is 0 Å². The molecule has 0 unspecified atom stereocenters. The lowest BCUT2D eigenvalue weighted by Gasteiger charge is -2.13. The number of carbonyl (C=O) groups excluding carboxylic acids is 1. The van der Waals surface area contributed by atoms with Gasteiger partial charge < -0.3 is 9.47 Å². The summed E-state index contributed by atoms with van der Waals surface area (Å²) in [5.74, 6) is 1.14. The third-order valence-electron chi connectivity index (χ3n) is 4.07. The van der Waals surface area contributed by atoms with E-state index in [9.17, 15) is 4.79 Å². The third kappa shape index (κ3) is 4.34. The molecule has 0 spiro atoms. The van der Waals surface area contributed by atoms with Crippen LogP contribution >= 0.6 is 0 Å². The highest BCUT2D eigenvalue weighted by Crippen LogP contribution is 2.45. The summed E-state index contributed by atoms with van der Waals surface area (Å²) in [6.45, 7) is 2.24. The van der Waals surface area contributed by atoms with Crippen LogP contribution in [0.3, 0.4) is 0 Å². The normalized spacial score (nSPS) is 22.3. The minimum atomic E-state index is -0.387. The van der Waals surface area contributed by atoms with Gasteiger partial charge in [0.2, 0.25) is 0 Å². The molecule has 3 nitrogen and oxygen atoms in total. The molecule has 110 valence electrons. The van der Waals surface area contributed by atoms with E-state index in [2.05, 4.69) is 24.3 Å². The Hall–Kier alpha value is -1.35. The Balaban J connectivity index is 1.70. The zero-order valence-corrected chi connectivity index (χ0v) is 12.4. The maximum Gasteiger partial charge on any atom is 0.335 e. The molecule has 20 heavy (non-hydrogen) atoms. The SMILES string of the molecule is CCOC(=O)[C@@H](C[C@H]1C[C@@H]1CCc1ccccc1)OC. The van der Waals surface area contributed by atoms with Gasteiger partial charge in [0.15, 0.2) is 6.10 Å². The molecule has 1 aliphatic carbocycles. The molecule has 0 heterocycles. The number of ether oxygens (including phenoxy) is 2. The van der Waals surface area contributed by atoms with Gasteiger partial charge in [0.25, 0.3) is 0 Å². The zero-order valence-electron chi connectivity index (χ0n) is 12.4. The second-order valence-corrected chi connectivity index (χ2v) is 5.49. The van der Waals surface area contributed by atoms with Crippen molar-refractivity contribution in [2.45, 2.75) is 38.7 Å². The Bertz CT molecular complexity index is 416. The highest BCUT2D eigenvalue weighted by Gasteiger charge is 2.39. The average Bonchev–Trinajstić information content (AvgIpc) is 3.22. The summed E-state index contributed by atoms with van der Waals surface area (Å²) < 4.78 is 10.3. The van der Waals surface area contributed by atoms with Crippen LogP contribution in [0.15, 0.2) is 30.3 Å². The molecule has 2 rings (SSSR count). The van der Waals surface area contributed by atoms with Crippen molar-refractivity contribution in [2.24, 2.45) is 11.8 Å². The van der Waals surface area contributed by atoms with Gasteiger partial charge in [-0.05, 0) is 50.0 Å². The highest BCUT2D eigenvalue weighted by atomic mass is 16.6. The van der Waals surface area contributed by atoms with Gasteiger partial charge in [0.05, 0.1) is 6.61 Å². The molecule has 1 aromatic rings. The minimum Gasteiger partial charge on any atom is -0.464 e. The van der Waals surface area contributed by atoms with Crippen LogP contribution in [0.2, 0.25) is 0 Å². The molecule has 0 N–H and O–H groups in total. The van der Waals surface area contributed by atoms with Crippen molar-refractivity contribution in [1.29, 1.82) is 0 Å². The van der Waals surface area contributed by atoms with Gasteiger partial charge in [-0.15, -0.1) is 0 Å². The van der Waals surface area contributed by atoms with Crippen molar-refractivity contribution < 1.29 is 14.3 Å². The van der Waals surface area contributed by atoms with Gasteiger partial charge in [-0.1, -0.05) is 30.3 Å². The van der Waals surface area contributed by atoms with E-state index in [-0.39, 0.29) is 12.1 Å². The van der Waals surface area contributed by atoms with Crippen molar-refractivity contribution >= 4 is 5.97 Å². The second kappa shape index (κ2) is 7.44. The Morgan fingerprint density at radius 1 is 1.30 bits per heavy atom. The summed E-state index contributed by atoms with van der Waals surface area (Å²) in [7, 11) is 1.59. The summed E-state index contributed by atoms with van der Waals surface area (Å²) in [4.78, 5) is 11.7. The largest absolute Gasteiger partial charge is 0.464 e. The first kappa shape index (κ1) is 15.0. The van der Waals surface area contributed by atoms with E-state index in [4.69, 9.17) is 9.47 Å². The molecular formula is C17H24O3. The number of rotatable bonds is 8. The summed E-state index contributed by atoms with van der Waals surface area (Å²) in [5.41, 5.74) is 1.40. The molecule has 0 radical (unpaired) electrons. The fourth-order valence-corrected chi connectivity index (χ4v) is 2.75. The smallest absolute Gasteiger partial charge is 0.335 e. The predicted octanol–water partition coefficient (Wildman–Crippen LogP) is 3.22. The quantitative estimate of drug-likeness (QED) is 0.684. The fraction of sp³-hybridized carbons (Fsp3) is 0.588. The number of esters is 1. The molecule has 3 atom stereocenters. The van der Waals surface area contributed by atoms with Crippen LogP contribution in [0.1, 0.15) is 31.7 Å². The molecule has 1 aliphatic rings. The predicted molar refractivity (Wildman–Crippen MR) is 78.4 cm³/mol. The van der Waals surface area contributed by atoms with Crippen LogP contribution in [0, 0.1) is 11.8 Å². The maximum atomic E-state index is 11.7. The van der Waals surface area contributed by atoms with Crippen LogP contribution in [0.5, 0.6) is 0 Å². The maximum absolute atomic E-state index is 11.7. The topological polar surface area (TPSA) is 35.5 Å². The monoisotopic (exact) mass is 276 g/mol. The van der Waals surface area contributed by atoms with Crippen molar-refractivity contribution in [1.82, 2.24) is 0 Å². The van der Waals surface area contributed by atoms with Gasteiger partial charge in [-0.3, -0.25) is 0 Å². The second-order valence-electron chi connectivity index (χ2n) is 5.49. The van der Waals surface area contributed by atoms with Crippen molar-refractivity contribution in [3.8, 4) is 0 Å². The molecule has 3 heteroatoms. The van der Waals surface area contributed by atoms with Crippen LogP contribution in [-0.4, -0.2) is 25.8 Å². The minimum absolute atomic E-state index is 0.219. The lowest BCUT2D eigenvalue weighted by molar-refractivity contribution is -0.155. The lowest BCUT2D eigenvalue weighted by Crippen LogP contribution is -2.26. The van der Waals surface area contributed by atoms with E-state index in [0.29, 0.717) is 12.5 Å². The molecule has 0 amide bonds.